The number of hydrogen-bond donors (Lipinski definition) is 3. The van der Waals surface area contributed by atoms with Crippen LogP contribution >= 0.6 is 0 Å². The van der Waals surface area contributed by atoms with Crippen molar-refractivity contribution in [2.45, 2.75) is 68.9 Å². The zero-order valence-corrected chi connectivity index (χ0v) is 27.5. The third kappa shape index (κ3) is 7.48. The Morgan fingerprint density at radius 2 is 1.76 bits per heavy atom. The number of aliphatic hydroxyl groups is 1. The number of methoxy groups -OCH3 is 1. The van der Waals surface area contributed by atoms with Crippen LogP contribution in [0, 0.1) is 0 Å². The van der Waals surface area contributed by atoms with E-state index in [2.05, 4.69) is 22.5 Å². The summed E-state index contributed by atoms with van der Waals surface area (Å²) in [4.78, 5) is 21.9. The van der Waals surface area contributed by atoms with Gasteiger partial charge in [0.05, 0.1) is 28.1 Å². The Balaban J connectivity index is 1.37. The minimum atomic E-state index is -3.88. The summed E-state index contributed by atoms with van der Waals surface area (Å²) in [6.07, 6.45) is 7.26. The maximum absolute atomic E-state index is 13.6. The largest absolute Gasteiger partial charge is 0.393 e. The average Bonchev–Trinajstić information content (AvgIpc) is 3.45. The first-order valence-electron chi connectivity index (χ1n) is 15.9. The van der Waals surface area contributed by atoms with E-state index in [1.807, 2.05) is 4.68 Å². The minimum Gasteiger partial charge on any atom is -0.393 e. The summed E-state index contributed by atoms with van der Waals surface area (Å²) in [5.74, 6) is 0.318. The fourth-order valence-corrected chi connectivity index (χ4v) is 6.78. The summed E-state index contributed by atoms with van der Waals surface area (Å²) in [6.45, 7) is 3.95. The number of ether oxygens (including phenoxy) is 1. The number of nitrogens with zero attached hydrogens (tertiary/aromatic N) is 5. The van der Waals surface area contributed by atoms with Crippen molar-refractivity contribution in [2.24, 2.45) is 0 Å². The number of carbonyl (C=O) groups is 1. The molecule has 1 aliphatic rings. The van der Waals surface area contributed by atoms with Gasteiger partial charge in [-0.15, -0.1) is 0 Å². The Hall–Kier alpha value is -4.07. The molecule has 4 aromatic rings. The second-order valence-corrected chi connectivity index (χ2v) is 13.6. The van der Waals surface area contributed by atoms with Crippen LogP contribution in [-0.4, -0.2) is 79.1 Å². The number of carbonyl (C=O) groups excluding carboxylic acids is 1. The number of anilines is 2. The van der Waals surface area contributed by atoms with Gasteiger partial charge in [0.1, 0.15) is 5.69 Å². The van der Waals surface area contributed by atoms with E-state index in [1.165, 1.54) is 11.4 Å². The average molecular weight is 650 g/mol. The summed E-state index contributed by atoms with van der Waals surface area (Å²) in [5.41, 5.74) is 3.02. The highest BCUT2D eigenvalue weighted by molar-refractivity contribution is 7.92. The molecule has 1 amide bonds. The van der Waals surface area contributed by atoms with E-state index in [-0.39, 0.29) is 22.9 Å². The minimum absolute atomic E-state index is 0.0967. The van der Waals surface area contributed by atoms with E-state index >= 15 is 0 Å². The molecule has 2 aromatic heterocycles. The van der Waals surface area contributed by atoms with Crippen molar-refractivity contribution >= 4 is 38.6 Å². The maximum atomic E-state index is 13.6. The van der Waals surface area contributed by atoms with Crippen LogP contribution in [0.5, 0.6) is 0 Å². The van der Waals surface area contributed by atoms with Crippen LogP contribution in [0.4, 0.5) is 11.6 Å². The number of amides is 1. The molecule has 46 heavy (non-hydrogen) atoms. The Labute approximate surface area is 270 Å². The van der Waals surface area contributed by atoms with Gasteiger partial charge in [0, 0.05) is 51.2 Å². The lowest BCUT2D eigenvalue weighted by molar-refractivity contribution is 0.0948. The number of fused-ring (bicyclic) bond motifs is 1. The molecule has 13 heteroatoms. The molecule has 0 bridgehead atoms. The van der Waals surface area contributed by atoms with E-state index in [4.69, 9.17) is 14.8 Å². The predicted octanol–water partition coefficient (Wildman–Crippen LogP) is 4.77. The third-order valence-corrected chi connectivity index (χ3v) is 10.2. The number of aliphatic hydroxyl groups excluding tert-OH is 1. The molecule has 0 saturated heterocycles. The first-order chi connectivity index (χ1) is 22.2. The highest BCUT2D eigenvalue weighted by Gasteiger charge is 2.27. The highest BCUT2D eigenvalue weighted by Crippen LogP contribution is 2.35. The zero-order chi connectivity index (χ0) is 32.7. The molecule has 1 saturated carbocycles. The van der Waals surface area contributed by atoms with Crippen molar-refractivity contribution < 1.29 is 23.1 Å². The molecule has 1 fully saturated rings. The Morgan fingerprint density at radius 1 is 1.04 bits per heavy atom. The van der Waals surface area contributed by atoms with Gasteiger partial charge in [-0.2, -0.15) is 10.1 Å². The smallest absolute Gasteiger partial charge is 0.264 e. The topological polar surface area (TPSA) is 152 Å². The standard InChI is InChI=1S/C33H43N7O5S/c1-4-5-19-35-33-36-22-29-30(38-40(31(29)37-33)26-13-15-27(41)16-14-26)23-9-17-28(18-10-23)46(43,44)39(2)25-11-7-24(8-12-25)32(42)34-20-6-21-45-3/h7-12,17-18,22,26-27,41H,4-6,13-16,19-21H2,1-3H3,(H,34,42)(H,35,36,37)/t26-,27-. The Bertz CT molecular complexity index is 1720. The van der Waals surface area contributed by atoms with Crippen LogP contribution in [0.1, 0.15) is 68.3 Å². The molecule has 5 rings (SSSR count). The quantitative estimate of drug-likeness (QED) is 0.164. The van der Waals surface area contributed by atoms with Crippen LogP contribution in [0.15, 0.2) is 59.6 Å². The van der Waals surface area contributed by atoms with E-state index in [9.17, 15) is 18.3 Å². The summed E-state index contributed by atoms with van der Waals surface area (Å²) in [6, 6.07) is 13.2. The zero-order valence-electron chi connectivity index (χ0n) is 26.6. The molecule has 2 heterocycles. The molecule has 246 valence electrons. The summed E-state index contributed by atoms with van der Waals surface area (Å²) < 4.78 is 35.3. The molecular formula is C33H43N7O5S. The lowest BCUT2D eigenvalue weighted by Crippen LogP contribution is -2.27. The highest BCUT2D eigenvalue weighted by atomic mass is 32.2. The lowest BCUT2D eigenvalue weighted by atomic mass is 9.93. The van der Waals surface area contributed by atoms with Gasteiger partial charge >= 0.3 is 0 Å². The van der Waals surface area contributed by atoms with E-state index in [0.717, 1.165) is 43.2 Å². The number of nitrogens with one attached hydrogen (secondary N) is 2. The van der Waals surface area contributed by atoms with Crippen LogP contribution in [0.3, 0.4) is 0 Å². The van der Waals surface area contributed by atoms with Gasteiger partial charge in [-0.3, -0.25) is 9.10 Å². The summed E-state index contributed by atoms with van der Waals surface area (Å²) in [5, 5.41) is 22.0. The van der Waals surface area contributed by atoms with Gasteiger partial charge in [0.2, 0.25) is 5.95 Å². The third-order valence-electron chi connectivity index (χ3n) is 8.36. The van der Waals surface area contributed by atoms with Crippen LogP contribution < -0.4 is 14.9 Å². The number of unbranched alkanes of at least 4 members (excludes halogenated alkanes) is 1. The van der Waals surface area contributed by atoms with E-state index < -0.39 is 10.0 Å². The van der Waals surface area contributed by atoms with Gasteiger partial charge in [-0.1, -0.05) is 25.5 Å². The first-order valence-corrected chi connectivity index (χ1v) is 17.3. The lowest BCUT2D eigenvalue weighted by Gasteiger charge is -2.25. The predicted molar refractivity (Wildman–Crippen MR) is 179 cm³/mol. The van der Waals surface area contributed by atoms with Crippen LogP contribution in [0.25, 0.3) is 22.3 Å². The molecule has 0 spiro atoms. The molecule has 3 N–H and O–H groups in total. The number of hydrogen-bond acceptors (Lipinski definition) is 9. The second kappa shape index (κ2) is 15.0. The second-order valence-electron chi connectivity index (χ2n) is 11.6. The van der Waals surface area contributed by atoms with Gasteiger partial charge in [-0.05, 0) is 74.9 Å². The van der Waals surface area contributed by atoms with Crippen LogP contribution in [0.2, 0.25) is 0 Å². The SMILES string of the molecule is CCCCNc1ncc2c(-c3ccc(S(=O)(=O)N(C)c4ccc(C(=O)NCCCOC)cc4)cc3)nn([C@H]3CC[C@H](O)CC3)c2n1. The molecule has 0 aliphatic heterocycles. The monoisotopic (exact) mass is 649 g/mol. The van der Waals surface area contributed by atoms with E-state index in [1.54, 1.807) is 61.8 Å². The van der Waals surface area contributed by atoms with Crippen LogP contribution in [-0.2, 0) is 14.8 Å². The van der Waals surface area contributed by atoms with Gasteiger partial charge in [0.25, 0.3) is 15.9 Å². The summed E-state index contributed by atoms with van der Waals surface area (Å²) >= 11 is 0. The molecule has 2 aromatic carbocycles. The van der Waals surface area contributed by atoms with E-state index in [0.29, 0.717) is 61.0 Å². The van der Waals surface area contributed by atoms with Crippen molar-refractivity contribution in [3.05, 3.63) is 60.3 Å². The van der Waals surface area contributed by atoms with Crippen molar-refractivity contribution in [2.75, 3.05) is 43.5 Å². The number of aromatic nitrogens is 4. The molecule has 0 unspecified atom stereocenters. The molecule has 0 atom stereocenters. The normalized spacial score (nSPS) is 16.8. The summed E-state index contributed by atoms with van der Waals surface area (Å²) in [7, 11) is -0.785. The number of rotatable bonds is 14. The van der Waals surface area contributed by atoms with Crippen molar-refractivity contribution in [1.29, 1.82) is 0 Å². The molecular weight excluding hydrogens is 606 g/mol. The molecule has 12 nitrogen and oxygen atoms in total. The molecule has 1 aliphatic carbocycles. The van der Waals surface area contributed by atoms with Crippen molar-refractivity contribution in [1.82, 2.24) is 25.1 Å². The van der Waals surface area contributed by atoms with Crippen molar-refractivity contribution in [3.63, 3.8) is 0 Å². The first kappa shape index (κ1) is 33.3. The maximum Gasteiger partial charge on any atom is 0.264 e. The Kier molecular flexibility index (Phi) is 10.9. The fourth-order valence-electron chi connectivity index (χ4n) is 5.58. The van der Waals surface area contributed by atoms with Gasteiger partial charge in [-0.25, -0.2) is 18.1 Å². The number of sulfonamides is 1. The van der Waals surface area contributed by atoms with Crippen molar-refractivity contribution in [3.8, 4) is 11.3 Å². The number of benzene rings is 2. The van der Waals surface area contributed by atoms with Gasteiger partial charge < -0.3 is 20.5 Å². The van der Waals surface area contributed by atoms with Gasteiger partial charge in [0.15, 0.2) is 5.65 Å². The molecule has 0 radical (unpaired) electrons. The fraction of sp³-hybridized carbons (Fsp3) is 0.455. The Morgan fingerprint density at radius 3 is 2.43 bits per heavy atom.